The summed E-state index contributed by atoms with van der Waals surface area (Å²) >= 11 is 0. The van der Waals surface area contributed by atoms with Gasteiger partial charge in [-0.25, -0.2) is 4.99 Å². The summed E-state index contributed by atoms with van der Waals surface area (Å²) in [5.74, 6) is -1.21. The second kappa shape index (κ2) is 9.26. The molecule has 0 bridgehead atoms. The summed E-state index contributed by atoms with van der Waals surface area (Å²) in [7, 11) is 0. The predicted molar refractivity (Wildman–Crippen MR) is 117 cm³/mol. The van der Waals surface area contributed by atoms with Crippen molar-refractivity contribution in [2.24, 2.45) is 21.6 Å². The Morgan fingerprint density at radius 1 is 0.968 bits per heavy atom. The van der Waals surface area contributed by atoms with Crippen LogP contribution in [0.5, 0.6) is 5.75 Å². The third-order valence-electron chi connectivity index (χ3n) is 6.34. The van der Waals surface area contributed by atoms with Crippen molar-refractivity contribution in [2.45, 2.75) is 64.7 Å². The van der Waals surface area contributed by atoms with Crippen molar-refractivity contribution in [1.82, 2.24) is 0 Å². The van der Waals surface area contributed by atoms with Crippen molar-refractivity contribution >= 4 is 5.84 Å². The van der Waals surface area contributed by atoms with E-state index < -0.39 is 22.7 Å². The Kier molecular flexibility index (Phi) is 6.89. The van der Waals surface area contributed by atoms with E-state index in [2.05, 4.69) is 24.1 Å². The van der Waals surface area contributed by atoms with Crippen LogP contribution in [0.25, 0.3) is 0 Å². The third kappa shape index (κ3) is 3.37. The van der Waals surface area contributed by atoms with Gasteiger partial charge in [-0.3, -0.25) is 0 Å². The minimum absolute atomic E-state index is 0.0934. The Morgan fingerprint density at radius 3 is 2.16 bits per heavy atom. The monoisotopic (exact) mass is 424 g/mol. The van der Waals surface area contributed by atoms with Gasteiger partial charge in [0.1, 0.15) is 17.0 Å². The van der Waals surface area contributed by atoms with Crippen LogP contribution in [-0.4, -0.2) is 31.6 Å². The van der Waals surface area contributed by atoms with Crippen LogP contribution in [0.2, 0.25) is 0 Å². The van der Waals surface area contributed by atoms with Crippen LogP contribution in [0, 0.1) is 33.5 Å². The summed E-state index contributed by atoms with van der Waals surface area (Å²) in [6.45, 7) is 7.03. The quantitative estimate of drug-likeness (QED) is 0.396. The van der Waals surface area contributed by atoms with E-state index in [1.165, 1.54) is 25.7 Å². The molecule has 7 heteroatoms. The lowest BCUT2D eigenvalue weighted by molar-refractivity contribution is -0.255. The molecular weight excluding hydrogens is 392 g/mol. The number of amidine groups is 1. The molecule has 1 aliphatic heterocycles. The number of hydrogen-bond acceptors (Lipinski definition) is 7. The van der Waals surface area contributed by atoms with Gasteiger partial charge in [0, 0.05) is 19.1 Å². The highest BCUT2D eigenvalue weighted by atomic mass is 16.7. The van der Waals surface area contributed by atoms with Crippen LogP contribution in [0.3, 0.4) is 0 Å². The van der Waals surface area contributed by atoms with Crippen molar-refractivity contribution in [3.63, 3.8) is 0 Å². The highest BCUT2D eigenvalue weighted by molar-refractivity contribution is 6.00. The maximum atomic E-state index is 10.2. The summed E-state index contributed by atoms with van der Waals surface area (Å²) in [5, 5.41) is 20.3. The van der Waals surface area contributed by atoms with Gasteiger partial charge in [-0.2, -0.15) is 10.5 Å². The molecule has 3 atom stereocenters. The van der Waals surface area contributed by atoms with Gasteiger partial charge in [-0.1, -0.05) is 44.7 Å². The summed E-state index contributed by atoms with van der Waals surface area (Å²) in [4.78, 5) is 4.36. The van der Waals surface area contributed by atoms with Crippen LogP contribution in [0.4, 0.5) is 0 Å². The third-order valence-corrected chi connectivity index (χ3v) is 6.34. The molecule has 3 unspecified atom stereocenters. The minimum atomic E-state index is -1.58. The largest absolute Gasteiger partial charge is 0.494 e. The number of rotatable bonds is 12. The Hall–Kier alpha value is -2.61. The molecule has 1 fully saturated rings. The Labute approximate surface area is 184 Å². The average molecular weight is 425 g/mol. The van der Waals surface area contributed by atoms with Gasteiger partial charge >= 0.3 is 0 Å². The summed E-state index contributed by atoms with van der Waals surface area (Å²) in [6.07, 6.45) is 5.91. The zero-order valence-corrected chi connectivity index (χ0v) is 18.7. The van der Waals surface area contributed by atoms with Gasteiger partial charge in [-0.05, 0) is 38.0 Å². The number of ether oxygens (including phenoxy) is 3. The Bertz CT molecular complexity index is 880. The summed E-state index contributed by atoms with van der Waals surface area (Å²) < 4.78 is 17.6. The molecule has 0 amide bonds. The molecular formula is C24H32N4O3. The Balaban J connectivity index is 1.81. The second-order valence-electron chi connectivity index (χ2n) is 8.05. The van der Waals surface area contributed by atoms with E-state index in [1.54, 1.807) is 13.8 Å². The Morgan fingerprint density at radius 2 is 1.61 bits per heavy atom. The molecule has 2 N–H and O–H groups in total. The average Bonchev–Trinajstić information content (AvgIpc) is 3.36. The number of aliphatic imine (C=N–C) groups is 1. The molecule has 0 saturated heterocycles. The van der Waals surface area contributed by atoms with Gasteiger partial charge in [-0.15, -0.1) is 0 Å². The van der Waals surface area contributed by atoms with Gasteiger partial charge in [0.25, 0.3) is 5.91 Å². The first-order valence-electron chi connectivity index (χ1n) is 11.2. The van der Waals surface area contributed by atoms with Crippen molar-refractivity contribution in [3.8, 4) is 17.9 Å². The van der Waals surface area contributed by atoms with Crippen LogP contribution < -0.4 is 10.5 Å². The maximum Gasteiger partial charge on any atom is 0.293 e. The molecule has 1 aromatic rings. The number of nitrogens with zero attached hydrogens (tertiary/aromatic N) is 3. The zero-order valence-electron chi connectivity index (χ0n) is 18.7. The molecule has 1 heterocycles. The molecule has 1 aromatic carbocycles. The normalized spacial score (nSPS) is 27.6. The zero-order chi connectivity index (χ0) is 22.5. The molecule has 166 valence electrons. The van der Waals surface area contributed by atoms with E-state index in [0.29, 0.717) is 6.61 Å². The fourth-order valence-electron chi connectivity index (χ4n) is 4.90. The lowest BCUT2D eigenvalue weighted by Crippen LogP contribution is -2.43. The van der Waals surface area contributed by atoms with Gasteiger partial charge in [0.05, 0.1) is 18.7 Å². The number of hydrogen-bond donors (Lipinski definition) is 1. The number of fused-ring (bicyclic) bond motifs is 1. The van der Waals surface area contributed by atoms with Gasteiger partial charge in [0.2, 0.25) is 0 Å². The number of nitrogens with two attached hydrogens (primary N) is 1. The molecule has 1 saturated carbocycles. The number of nitriles is 2. The van der Waals surface area contributed by atoms with Gasteiger partial charge < -0.3 is 19.9 Å². The molecule has 0 radical (unpaired) electrons. The molecule has 7 nitrogen and oxygen atoms in total. The van der Waals surface area contributed by atoms with E-state index in [0.717, 1.165) is 17.7 Å². The van der Waals surface area contributed by atoms with E-state index in [-0.39, 0.29) is 19.0 Å². The van der Waals surface area contributed by atoms with E-state index in [4.69, 9.17) is 19.9 Å². The van der Waals surface area contributed by atoms with Crippen LogP contribution in [0.15, 0.2) is 29.3 Å². The van der Waals surface area contributed by atoms with Crippen LogP contribution >= 0.6 is 0 Å². The SMILES string of the molecule is CCCCCCCOc1ccc(C2C3(C#N)C(N)=NC(OCC)(OCC)C23C#N)cc1. The molecule has 0 aromatic heterocycles. The van der Waals surface area contributed by atoms with Crippen molar-refractivity contribution in [3.05, 3.63) is 29.8 Å². The molecule has 3 rings (SSSR count). The fourth-order valence-corrected chi connectivity index (χ4v) is 4.90. The van der Waals surface area contributed by atoms with Crippen molar-refractivity contribution in [2.75, 3.05) is 19.8 Å². The first kappa shape index (κ1) is 23.1. The number of unbranched alkanes of at least 4 members (excludes halogenated alkanes) is 4. The smallest absolute Gasteiger partial charge is 0.293 e. The lowest BCUT2D eigenvalue weighted by Gasteiger charge is -2.31. The second-order valence-corrected chi connectivity index (χ2v) is 8.05. The number of benzene rings is 1. The first-order valence-corrected chi connectivity index (χ1v) is 11.2. The molecule has 2 aliphatic rings. The van der Waals surface area contributed by atoms with Crippen molar-refractivity contribution < 1.29 is 14.2 Å². The minimum Gasteiger partial charge on any atom is -0.494 e. The standard InChI is InChI=1S/C24H32N4O3/c1-4-7-8-9-10-15-29-19-13-11-18(12-14-19)20-22(16-25)21(27)28-24(30-5-2,31-6-3)23(20,22)17-26/h11-14,20H,4-10,15H2,1-3H3,(H2,27,28). The van der Waals surface area contributed by atoms with E-state index >= 15 is 0 Å². The van der Waals surface area contributed by atoms with Crippen LogP contribution in [0.1, 0.15) is 64.4 Å². The van der Waals surface area contributed by atoms with Crippen LogP contribution in [-0.2, 0) is 9.47 Å². The van der Waals surface area contributed by atoms with Gasteiger partial charge in [0.15, 0.2) is 5.41 Å². The highest BCUT2D eigenvalue weighted by Crippen LogP contribution is 2.82. The predicted octanol–water partition coefficient (Wildman–Crippen LogP) is 4.25. The van der Waals surface area contributed by atoms with E-state index in [1.807, 2.05) is 24.3 Å². The molecule has 0 spiro atoms. The fraction of sp³-hybridized carbons (Fsp3) is 0.625. The summed E-state index contributed by atoms with van der Waals surface area (Å²) in [6, 6.07) is 12.1. The first-order chi connectivity index (χ1) is 15.0. The summed E-state index contributed by atoms with van der Waals surface area (Å²) in [5.41, 5.74) is 4.45. The lowest BCUT2D eigenvalue weighted by atomic mass is 9.93. The van der Waals surface area contributed by atoms with E-state index in [9.17, 15) is 10.5 Å². The maximum absolute atomic E-state index is 10.2. The molecule has 1 aliphatic carbocycles. The topological polar surface area (TPSA) is 114 Å². The van der Waals surface area contributed by atoms with Crippen molar-refractivity contribution in [1.29, 1.82) is 10.5 Å². The molecule has 31 heavy (non-hydrogen) atoms. The highest BCUT2D eigenvalue weighted by Gasteiger charge is 2.93.